The third kappa shape index (κ3) is 4.30. The Morgan fingerprint density at radius 2 is 1.84 bits per heavy atom. The van der Waals surface area contributed by atoms with Crippen LogP contribution in [0.5, 0.6) is 0 Å². The molecule has 0 amide bonds. The minimum atomic E-state index is 0.145. The maximum Gasteiger partial charge on any atom is 0.0594 e. The summed E-state index contributed by atoms with van der Waals surface area (Å²) in [6.45, 7) is 9.96. The third-order valence-electron chi connectivity index (χ3n) is 3.95. The molecule has 1 atom stereocenters. The molecule has 1 unspecified atom stereocenters. The number of aryl methyl sites for hydroxylation is 1. The second-order valence-corrected chi connectivity index (χ2v) is 6.07. The van der Waals surface area contributed by atoms with Gasteiger partial charge >= 0.3 is 0 Å². The van der Waals surface area contributed by atoms with Crippen LogP contribution in [-0.2, 0) is 11.2 Å². The molecular formula is C16H26N2O. The zero-order valence-corrected chi connectivity index (χ0v) is 12.2. The molecule has 0 aromatic heterocycles. The lowest BCUT2D eigenvalue weighted by molar-refractivity contribution is 0.0198. The molecule has 1 aromatic carbocycles. The summed E-state index contributed by atoms with van der Waals surface area (Å²) in [5, 5.41) is 0. The van der Waals surface area contributed by atoms with Crippen molar-refractivity contribution in [1.82, 2.24) is 4.90 Å². The monoisotopic (exact) mass is 262 g/mol. The van der Waals surface area contributed by atoms with Crippen molar-refractivity contribution < 1.29 is 4.74 Å². The molecule has 0 radical (unpaired) electrons. The molecule has 2 N–H and O–H groups in total. The standard InChI is InChI=1S/C16H26N2O/c1-14-3-5-15(6-4-14)11-16(2,12-17)13-18-7-9-19-10-8-18/h3-6H,7-13,17H2,1-2H3. The van der Waals surface area contributed by atoms with Crippen LogP contribution >= 0.6 is 0 Å². The number of morpholine rings is 1. The average Bonchev–Trinajstić information content (AvgIpc) is 2.42. The normalized spacial score (nSPS) is 20.2. The number of ether oxygens (including phenoxy) is 1. The minimum absolute atomic E-state index is 0.145. The van der Waals surface area contributed by atoms with E-state index in [0.717, 1.165) is 45.8 Å². The Hall–Kier alpha value is -0.900. The lowest BCUT2D eigenvalue weighted by atomic mass is 9.83. The van der Waals surface area contributed by atoms with Crippen molar-refractivity contribution in [3.05, 3.63) is 35.4 Å². The highest BCUT2D eigenvalue weighted by Crippen LogP contribution is 2.23. The SMILES string of the molecule is Cc1ccc(CC(C)(CN)CN2CCOCC2)cc1. The molecule has 1 saturated heterocycles. The van der Waals surface area contributed by atoms with Gasteiger partial charge in [-0.3, -0.25) is 4.90 Å². The predicted molar refractivity (Wildman–Crippen MR) is 79.3 cm³/mol. The molecule has 1 heterocycles. The van der Waals surface area contributed by atoms with E-state index in [1.54, 1.807) is 0 Å². The first-order chi connectivity index (χ1) is 9.11. The van der Waals surface area contributed by atoms with Gasteiger partial charge in [0, 0.05) is 19.6 Å². The first-order valence-corrected chi connectivity index (χ1v) is 7.17. The summed E-state index contributed by atoms with van der Waals surface area (Å²) in [6, 6.07) is 8.81. The molecule has 1 aromatic rings. The maximum absolute atomic E-state index is 6.04. The van der Waals surface area contributed by atoms with Gasteiger partial charge in [-0.05, 0) is 30.9 Å². The smallest absolute Gasteiger partial charge is 0.0594 e. The van der Waals surface area contributed by atoms with Crippen molar-refractivity contribution in [2.75, 3.05) is 39.4 Å². The average molecular weight is 262 g/mol. The fourth-order valence-electron chi connectivity index (χ4n) is 2.69. The molecule has 1 aliphatic heterocycles. The van der Waals surface area contributed by atoms with E-state index in [1.165, 1.54) is 11.1 Å². The molecule has 19 heavy (non-hydrogen) atoms. The fourth-order valence-corrected chi connectivity index (χ4v) is 2.69. The van der Waals surface area contributed by atoms with Crippen molar-refractivity contribution in [3.63, 3.8) is 0 Å². The molecule has 106 valence electrons. The van der Waals surface area contributed by atoms with Crippen molar-refractivity contribution in [2.24, 2.45) is 11.1 Å². The van der Waals surface area contributed by atoms with E-state index in [4.69, 9.17) is 10.5 Å². The lowest BCUT2D eigenvalue weighted by Crippen LogP contribution is -2.46. The van der Waals surface area contributed by atoms with Crippen LogP contribution in [0.4, 0.5) is 0 Å². The minimum Gasteiger partial charge on any atom is -0.379 e. The van der Waals surface area contributed by atoms with E-state index < -0.39 is 0 Å². The van der Waals surface area contributed by atoms with Gasteiger partial charge < -0.3 is 10.5 Å². The van der Waals surface area contributed by atoms with Crippen molar-refractivity contribution in [2.45, 2.75) is 20.3 Å². The van der Waals surface area contributed by atoms with E-state index in [1.807, 2.05) is 0 Å². The Balaban J connectivity index is 1.98. The van der Waals surface area contributed by atoms with Gasteiger partial charge in [-0.25, -0.2) is 0 Å². The summed E-state index contributed by atoms with van der Waals surface area (Å²) < 4.78 is 5.41. The highest BCUT2D eigenvalue weighted by atomic mass is 16.5. The van der Waals surface area contributed by atoms with Crippen LogP contribution in [0, 0.1) is 12.3 Å². The highest BCUT2D eigenvalue weighted by Gasteiger charge is 2.27. The van der Waals surface area contributed by atoms with Crippen LogP contribution in [0.3, 0.4) is 0 Å². The number of benzene rings is 1. The van der Waals surface area contributed by atoms with E-state index >= 15 is 0 Å². The zero-order valence-electron chi connectivity index (χ0n) is 12.2. The second kappa shape index (κ2) is 6.51. The molecule has 0 saturated carbocycles. The van der Waals surface area contributed by atoms with Crippen molar-refractivity contribution in [1.29, 1.82) is 0 Å². The summed E-state index contributed by atoms with van der Waals surface area (Å²) in [4.78, 5) is 2.48. The molecule has 0 bridgehead atoms. The second-order valence-electron chi connectivity index (χ2n) is 6.07. The van der Waals surface area contributed by atoms with Gasteiger partial charge in [0.05, 0.1) is 13.2 Å². The van der Waals surface area contributed by atoms with Gasteiger partial charge in [-0.15, -0.1) is 0 Å². The Morgan fingerprint density at radius 3 is 2.42 bits per heavy atom. The molecule has 3 nitrogen and oxygen atoms in total. The van der Waals surface area contributed by atoms with Crippen LogP contribution in [0.1, 0.15) is 18.1 Å². The zero-order chi connectivity index (χ0) is 13.7. The van der Waals surface area contributed by atoms with E-state index in [2.05, 4.69) is 43.0 Å². The summed E-state index contributed by atoms with van der Waals surface area (Å²) in [5.41, 5.74) is 8.88. The summed E-state index contributed by atoms with van der Waals surface area (Å²) in [7, 11) is 0. The van der Waals surface area contributed by atoms with Crippen LogP contribution < -0.4 is 5.73 Å². The van der Waals surface area contributed by atoms with Crippen LogP contribution in [0.2, 0.25) is 0 Å². The topological polar surface area (TPSA) is 38.5 Å². The molecule has 1 aliphatic rings. The number of rotatable bonds is 5. The van der Waals surface area contributed by atoms with Crippen molar-refractivity contribution >= 4 is 0 Å². The van der Waals surface area contributed by atoms with Crippen LogP contribution in [0.15, 0.2) is 24.3 Å². The van der Waals surface area contributed by atoms with Gasteiger partial charge in [-0.2, -0.15) is 0 Å². The largest absolute Gasteiger partial charge is 0.379 e. The molecule has 2 rings (SSSR count). The van der Waals surface area contributed by atoms with Crippen LogP contribution in [-0.4, -0.2) is 44.3 Å². The maximum atomic E-state index is 6.04. The Bertz CT molecular complexity index is 384. The van der Waals surface area contributed by atoms with Gasteiger partial charge in [0.15, 0.2) is 0 Å². The number of nitrogens with zero attached hydrogens (tertiary/aromatic N) is 1. The number of nitrogens with two attached hydrogens (primary N) is 1. The molecule has 0 spiro atoms. The fraction of sp³-hybridized carbons (Fsp3) is 0.625. The van der Waals surface area contributed by atoms with Gasteiger partial charge in [0.1, 0.15) is 0 Å². The summed E-state index contributed by atoms with van der Waals surface area (Å²) >= 11 is 0. The molecule has 0 aliphatic carbocycles. The first kappa shape index (κ1) is 14.5. The van der Waals surface area contributed by atoms with E-state index in [-0.39, 0.29) is 5.41 Å². The number of hydrogen-bond donors (Lipinski definition) is 1. The number of hydrogen-bond acceptors (Lipinski definition) is 3. The Labute approximate surface area is 116 Å². The van der Waals surface area contributed by atoms with Crippen molar-refractivity contribution in [3.8, 4) is 0 Å². The quantitative estimate of drug-likeness (QED) is 0.880. The lowest BCUT2D eigenvalue weighted by Gasteiger charge is -2.36. The van der Waals surface area contributed by atoms with Gasteiger partial charge in [0.2, 0.25) is 0 Å². The Morgan fingerprint density at radius 1 is 1.21 bits per heavy atom. The van der Waals surface area contributed by atoms with Gasteiger partial charge in [0.25, 0.3) is 0 Å². The van der Waals surface area contributed by atoms with E-state index in [0.29, 0.717) is 0 Å². The molecule has 1 fully saturated rings. The summed E-state index contributed by atoms with van der Waals surface area (Å²) in [5.74, 6) is 0. The van der Waals surface area contributed by atoms with Crippen LogP contribution in [0.25, 0.3) is 0 Å². The first-order valence-electron chi connectivity index (χ1n) is 7.17. The Kier molecular flexibility index (Phi) is 4.97. The highest BCUT2D eigenvalue weighted by molar-refractivity contribution is 5.22. The third-order valence-corrected chi connectivity index (χ3v) is 3.95. The molecule has 3 heteroatoms. The summed E-state index contributed by atoms with van der Waals surface area (Å²) in [6.07, 6.45) is 1.04. The molecular weight excluding hydrogens is 236 g/mol. The van der Waals surface area contributed by atoms with Gasteiger partial charge in [-0.1, -0.05) is 36.8 Å². The van der Waals surface area contributed by atoms with E-state index in [9.17, 15) is 0 Å². The predicted octanol–water partition coefficient (Wildman–Crippen LogP) is 1.83.